The summed E-state index contributed by atoms with van der Waals surface area (Å²) in [6, 6.07) is 3.66. The molecule has 0 bridgehead atoms. The normalized spacial score (nSPS) is 19.0. The smallest absolute Gasteiger partial charge is 0.389 e. The summed E-state index contributed by atoms with van der Waals surface area (Å²) in [5.41, 5.74) is -0.383. The molecule has 1 unspecified atom stereocenters. The van der Waals surface area contributed by atoms with E-state index in [2.05, 4.69) is 0 Å². The maximum atomic E-state index is 15.2. The Bertz CT molecular complexity index is 794. The van der Waals surface area contributed by atoms with Crippen molar-refractivity contribution in [1.82, 2.24) is 0 Å². The number of sulfone groups is 1. The van der Waals surface area contributed by atoms with E-state index in [0.29, 0.717) is 24.2 Å². The van der Waals surface area contributed by atoms with Crippen molar-refractivity contribution < 1.29 is 35.2 Å². The Morgan fingerprint density at radius 1 is 1.19 bits per heavy atom. The highest BCUT2D eigenvalue weighted by molar-refractivity contribution is 7.92. The molecule has 0 radical (unpaired) electrons. The van der Waals surface area contributed by atoms with E-state index in [1.807, 2.05) is 13.8 Å². The van der Waals surface area contributed by atoms with Gasteiger partial charge in [0.2, 0.25) is 9.84 Å². The second-order valence-corrected chi connectivity index (χ2v) is 9.57. The molecule has 4 nitrogen and oxygen atoms in total. The van der Waals surface area contributed by atoms with Crippen LogP contribution in [-0.4, -0.2) is 31.1 Å². The molecule has 1 aromatic rings. The molecule has 27 heavy (non-hydrogen) atoms. The first kappa shape index (κ1) is 21.7. The highest BCUT2D eigenvalue weighted by Gasteiger charge is 2.52. The van der Waals surface area contributed by atoms with Gasteiger partial charge in [-0.05, 0) is 50.5 Å². The number of aryl methyl sites for hydroxylation is 1. The fraction of sp³-hybridized carbons (Fsp3) is 0.647. The minimum Gasteiger partial charge on any atom is -0.488 e. The summed E-state index contributed by atoms with van der Waals surface area (Å²) in [5.74, 6) is -0.397. The van der Waals surface area contributed by atoms with Crippen LogP contribution in [-0.2, 0) is 16.3 Å². The molecule has 1 aromatic carbocycles. The van der Waals surface area contributed by atoms with Crippen LogP contribution in [0.2, 0.25) is 0 Å². The molecule has 0 aromatic heterocycles. The molecule has 1 atom stereocenters. The number of fused-ring (bicyclic) bond motifs is 1. The largest absolute Gasteiger partial charge is 0.488 e. The van der Waals surface area contributed by atoms with Crippen LogP contribution >= 0.6 is 0 Å². The average Bonchev–Trinajstić information content (AvgIpc) is 2.57. The van der Waals surface area contributed by atoms with Crippen molar-refractivity contribution in [2.75, 3.05) is 10.9 Å². The number of halogens is 5. The van der Waals surface area contributed by atoms with E-state index in [9.17, 15) is 26.1 Å². The van der Waals surface area contributed by atoms with Crippen LogP contribution in [0.4, 0.5) is 27.7 Å². The van der Waals surface area contributed by atoms with Crippen molar-refractivity contribution in [2.45, 2.75) is 63.4 Å². The van der Waals surface area contributed by atoms with Crippen LogP contribution < -0.4 is 9.86 Å². The lowest BCUT2D eigenvalue weighted by atomic mass is 9.94. The molecule has 0 aliphatic carbocycles. The van der Waals surface area contributed by atoms with Crippen LogP contribution in [0.5, 0.6) is 5.75 Å². The summed E-state index contributed by atoms with van der Waals surface area (Å²) in [6.45, 7) is 4.78. The third-order valence-corrected chi connectivity index (χ3v) is 6.60. The van der Waals surface area contributed by atoms with Crippen LogP contribution in [0, 0.1) is 0 Å². The number of rotatable bonds is 6. The van der Waals surface area contributed by atoms with Gasteiger partial charge in [0.15, 0.2) is 0 Å². The van der Waals surface area contributed by atoms with Gasteiger partial charge in [0.05, 0.1) is 11.4 Å². The molecule has 0 spiro atoms. The number of ether oxygens (including phenoxy) is 1. The van der Waals surface area contributed by atoms with E-state index >= 15 is 4.39 Å². The molecule has 1 heterocycles. The van der Waals surface area contributed by atoms with E-state index < -0.39 is 56.1 Å². The molecule has 0 N–H and O–H groups in total. The third kappa shape index (κ3) is 4.64. The molecule has 2 rings (SSSR count). The number of hydrogen-bond donors (Lipinski definition) is 0. The zero-order valence-electron chi connectivity index (χ0n) is 15.2. The molecule has 0 saturated carbocycles. The summed E-state index contributed by atoms with van der Waals surface area (Å²) >= 11 is 0. The van der Waals surface area contributed by atoms with Gasteiger partial charge in [0, 0.05) is 12.8 Å². The minimum atomic E-state index is -4.82. The van der Waals surface area contributed by atoms with Crippen molar-refractivity contribution in [3.63, 3.8) is 0 Å². The van der Waals surface area contributed by atoms with Gasteiger partial charge in [-0.2, -0.15) is 22.7 Å². The van der Waals surface area contributed by atoms with Gasteiger partial charge in [-0.3, -0.25) is 0 Å². The van der Waals surface area contributed by atoms with Crippen LogP contribution in [0.3, 0.4) is 0 Å². The van der Waals surface area contributed by atoms with E-state index in [0.717, 1.165) is 13.0 Å². The molecule has 10 heteroatoms. The zero-order chi connectivity index (χ0) is 20.7. The van der Waals surface area contributed by atoms with Crippen molar-refractivity contribution in [2.24, 2.45) is 0 Å². The summed E-state index contributed by atoms with van der Waals surface area (Å²) in [5, 5.41) is -4.53. The first-order valence-electron chi connectivity index (χ1n) is 8.47. The molecule has 0 saturated heterocycles. The summed E-state index contributed by atoms with van der Waals surface area (Å²) in [6.07, 6.45) is -7.09. The topological polar surface area (TPSA) is 46.6 Å². The number of anilines is 1. The fourth-order valence-corrected chi connectivity index (χ4v) is 4.06. The van der Waals surface area contributed by atoms with Gasteiger partial charge in [-0.25, -0.2) is 8.42 Å². The molecule has 1 aliphatic rings. The van der Waals surface area contributed by atoms with Crippen molar-refractivity contribution >= 4 is 15.5 Å². The second-order valence-electron chi connectivity index (χ2n) is 7.14. The van der Waals surface area contributed by atoms with Gasteiger partial charge in [-0.1, -0.05) is 11.4 Å². The van der Waals surface area contributed by atoms with Gasteiger partial charge in [0.1, 0.15) is 11.4 Å². The maximum Gasteiger partial charge on any atom is 0.389 e. The van der Waals surface area contributed by atoms with E-state index in [-0.39, 0.29) is 0 Å². The Hall–Kier alpha value is -1.58. The first-order chi connectivity index (χ1) is 12.2. The molecule has 1 aliphatic heterocycles. The molecule has 0 fully saturated rings. The van der Waals surface area contributed by atoms with E-state index in [1.54, 1.807) is 0 Å². The second kappa shape index (κ2) is 7.10. The third-order valence-electron chi connectivity index (χ3n) is 4.52. The zero-order valence-corrected chi connectivity index (χ0v) is 16.1. The number of nitrogens with zero attached hydrogens (tertiary/aromatic N) is 1. The Balaban J connectivity index is 2.40. The summed E-state index contributed by atoms with van der Waals surface area (Å²) in [4.78, 5) is 0. The lowest BCUT2D eigenvalue weighted by Crippen LogP contribution is -2.48. The summed E-state index contributed by atoms with van der Waals surface area (Å²) < 4.78 is 97.4. The number of hydrogen-bond acceptors (Lipinski definition) is 4. The standard InChI is InChI=1S/C17H22F5NO3S/c1-4-27(24,25)17(21,10-9-16(18,19)20)23(22)13-5-6-14-12(11-13)7-8-15(2,3)26-14/h5-6,11H,4,7-10H2,1-3H3. The lowest BCUT2D eigenvalue weighted by molar-refractivity contribution is -0.140. The van der Waals surface area contributed by atoms with Crippen molar-refractivity contribution in [3.05, 3.63) is 23.8 Å². The van der Waals surface area contributed by atoms with Gasteiger partial charge in [-0.15, -0.1) is 0 Å². The van der Waals surface area contributed by atoms with Gasteiger partial charge in [0.25, 0.3) is 0 Å². The number of benzene rings is 1. The highest BCUT2D eigenvalue weighted by Crippen LogP contribution is 2.41. The Kier molecular flexibility index (Phi) is 5.71. The highest BCUT2D eigenvalue weighted by atomic mass is 32.2. The first-order valence-corrected chi connectivity index (χ1v) is 10.1. The molecule has 0 amide bonds. The quantitative estimate of drug-likeness (QED) is 0.377. The fourth-order valence-electron chi connectivity index (χ4n) is 2.85. The Morgan fingerprint density at radius 2 is 1.81 bits per heavy atom. The summed E-state index contributed by atoms with van der Waals surface area (Å²) in [7, 11) is -4.82. The molecular weight excluding hydrogens is 393 g/mol. The van der Waals surface area contributed by atoms with Crippen LogP contribution in [0.25, 0.3) is 0 Å². The molecule has 154 valence electrons. The van der Waals surface area contributed by atoms with Crippen molar-refractivity contribution in [1.29, 1.82) is 0 Å². The monoisotopic (exact) mass is 415 g/mol. The minimum absolute atomic E-state index is 0.438. The van der Waals surface area contributed by atoms with E-state index in [1.165, 1.54) is 12.1 Å². The lowest BCUT2D eigenvalue weighted by Gasteiger charge is -2.34. The maximum absolute atomic E-state index is 15.2. The Morgan fingerprint density at radius 3 is 2.37 bits per heavy atom. The van der Waals surface area contributed by atoms with E-state index in [4.69, 9.17) is 4.74 Å². The predicted octanol–water partition coefficient (Wildman–Crippen LogP) is 4.88. The Labute approximate surface area is 155 Å². The SMILES string of the molecule is CCS(=O)(=O)C(F)(CCC(F)(F)F)N(F)c1ccc2c(c1)CCC(C)(C)O2. The average molecular weight is 415 g/mol. The van der Waals surface area contributed by atoms with Crippen LogP contribution in [0.15, 0.2) is 18.2 Å². The number of alkyl halides is 4. The van der Waals surface area contributed by atoms with Crippen LogP contribution in [0.1, 0.15) is 45.6 Å². The molecular formula is C17H22F5NO3S. The van der Waals surface area contributed by atoms with Crippen molar-refractivity contribution in [3.8, 4) is 5.75 Å². The van der Waals surface area contributed by atoms with Gasteiger partial charge >= 0.3 is 11.3 Å². The predicted molar refractivity (Wildman–Crippen MR) is 91.6 cm³/mol. The van der Waals surface area contributed by atoms with Gasteiger partial charge < -0.3 is 4.74 Å².